The molecule has 0 bridgehead atoms. The van der Waals surface area contributed by atoms with Crippen molar-refractivity contribution in [1.82, 2.24) is 10.3 Å². The Morgan fingerprint density at radius 1 is 1.36 bits per heavy atom. The maximum atomic E-state index is 13.2. The number of benzene rings is 1. The first kappa shape index (κ1) is 20.1. The van der Waals surface area contributed by atoms with Crippen LogP contribution >= 0.6 is 11.3 Å². The van der Waals surface area contributed by atoms with Crippen LogP contribution in [-0.2, 0) is 19.6 Å². The summed E-state index contributed by atoms with van der Waals surface area (Å²) in [6, 6.07) is 6.63. The molecule has 0 fully saturated rings. The third-order valence-electron chi connectivity index (χ3n) is 3.89. The fourth-order valence-corrected chi connectivity index (χ4v) is 5.29. The monoisotopic (exact) mass is 424 g/mol. The highest BCUT2D eigenvalue weighted by molar-refractivity contribution is 7.94. The zero-order chi connectivity index (χ0) is 20.3. The number of amides is 2. The highest BCUT2D eigenvalue weighted by Gasteiger charge is 2.38. The van der Waals surface area contributed by atoms with Gasteiger partial charge in [-0.1, -0.05) is 30.4 Å². The van der Waals surface area contributed by atoms with Gasteiger partial charge in [0.2, 0.25) is 5.91 Å². The van der Waals surface area contributed by atoms with Crippen LogP contribution in [0.1, 0.15) is 20.3 Å². The number of ether oxygens (including phenoxy) is 1. The molecule has 0 saturated carbocycles. The van der Waals surface area contributed by atoms with E-state index in [1.165, 1.54) is 13.1 Å². The summed E-state index contributed by atoms with van der Waals surface area (Å²) in [6.45, 7) is 3.54. The van der Waals surface area contributed by atoms with Gasteiger partial charge in [-0.2, -0.15) is 0 Å². The Morgan fingerprint density at radius 3 is 2.82 bits per heavy atom. The summed E-state index contributed by atoms with van der Waals surface area (Å²) in [4.78, 5) is 27.5. The summed E-state index contributed by atoms with van der Waals surface area (Å²) < 4.78 is 33.3. The molecule has 2 heterocycles. The molecule has 2 amide bonds. The number of anilines is 2. The molecule has 9 nitrogen and oxygen atoms in total. The number of hydrogen-bond acceptors (Lipinski definition) is 7. The average Bonchev–Trinajstić information content (AvgIpc) is 3.13. The summed E-state index contributed by atoms with van der Waals surface area (Å²) in [6.07, 6.45) is 0.971. The van der Waals surface area contributed by atoms with Crippen LogP contribution in [0.3, 0.4) is 0 Å². The minimum Gasteiger partial charge on any atom is -0.476 e. The van der Waals surface area contributed by atoms with E-state index < -0.39 is 16.1 Å². The van der Waals surface area contributed by atoms with Gasteiger partial charge in [0.1, 0.15) is 5.75 Å². The number of nitrogens with zero attached hydrogens (tertiary/aromatic N) is 2. The van der Waals surface area contributed by atoms with Gasteiger partial charge in [0.25, 0.3) is 15.9 Å². The zero-order valence-electron chi connectivity index (χ0n) is 15.3. The molecule has 150 valence electrons. The molecule has 1 aromatic heterocycles. The van der Waals surface area contributed by atoms with Gasteiger partial charge in [0.15, 0.2) is 15.4 Å². The predicted molar refractivity (Wildman–Crippen MR) is 105 cm³/mol. The lowest BCUT2D eigenvalue weighted by atomic mass is 10.2. The number of nitrogens with one attached hydrogen (secondary N) is 2. The quantitative estimate of drug-likeness (QED) is 0.727. The molecule has 28 heavy (non-hydrogen) atoms. The molecule has 0 radical (unpaired) electrons. The minimum atomic E-state index is -4.00. The van der Waals surface area contributed by atoms with E-state index >= 15 is 0 Å². The summed E-state index contributed by atoms with van der Waals surface area (Å²) in [5.74, 6) is -0.414. The lowest BCUT2D eigenvalue weighted by Crippen LogP contribution is -2.50. The van der Waals surface area contributed by atoms with Crippen LogP contribution in [0, 0.1) is 0 Å². The topological polar surface area (TPSA) is 118 Å². The molecular formula is C17H20N4O5S2. The van der Waals surface area contributed by atoms with Gasteiger partial charge in [-0.3, -0.25) is 13.9 Å². The van der Waals surface area contributed by atoms with Crippen LogP contribution in [0.5, 0.6) is 5.75 Å². The molecule has 1 aliphatic heterocycles. The maximum absolute atomic E-state index is 13.2. The number of aromatic nitrogens is 1. The number of fused-ring (bicyclic) bond motifs is 1. The molecule has 0 saturated heterocycles. The summed E-state index contributed by atoms with van der Waals surface area (Å²) >= 11 is 0.846. The normalized spacial score (nSPS) is 16.1. The highest BCUT2D eigenvalue weighted by Crippen LogP contribution is 2.38. The molecule has 0 aliphatic carbocycles. The maximum Gasteiger partial charge on any atom is 0.275 e. The largest absolute Gasteiger partial charge is 0.476 e. The van der Waals surface area contributed by atoms with Gasteiger partial charge < -0.3 is 15.4 Å². The third-order valence-corrected chi connectivity index (χ3v) is 7.02. The van der Waals surface area contributed by atoms with Crippen molar-refractivity contribution in [1.29, 1.82) is 0 Å². The second-order valence-electron chi connectivity index (χ2n) is 6.07. The van der Waals surface area contributed by atoms with Crippen LogP contribution in [0.2, 0.25) is 0 Å². The lowest BCUT2D eigenvalue weighted by Gasteiger charge is -2.34. The standard InChI is InChI=1S/C17H20N4O5S2/c1-3-8-18-16(23)14-10-21(12-6-4-5-7-13(12)26-14)28(24,25)15-9-19-17(27-15)20-11(2)22/h4-7,9,14H,3,8,10H2,1-2H3,(H,18,23)(H,19,20,22). The predicted octanol–water partition coefficient (Wildman–Crippen LogP) is 1.58. The fraction of sp³-hybridized carbons (Fsp3) is 0.353. The molecule has 3 rings (SSSR count). The molecule has 2 N–H and O–H groups in total. The highest BCUT2D eigenvalue weighted by atomic mass is 32.2. The van der Waals surface area contributed by atoms with Crippen molar-refractivity contribution in [2.24, 2.45) is 0 Å². The van der Waals surface area contributed by atoms with Crippen LogP contribution in [0.4, 0.5) is 10.8 Å². The van der Waals surface area contributed by atoms with Crippen molar-refractivity contribution < 1.29 is 22.7 Å². The second-order valence-corrected chi connectivity index (χ2v) is 9.19. The van der Waals surface area contributed by atoms with Gasteiger partial charge in [0.05, 0.1) is 18.4 Å². The van der Waals surface area contributed by atoms with Gasteiger partial charge in [-0.15, -0.1) is 0 Å². The number of thiazole rings is 1. The first-order valence-electron chi connectivity index (χ1n) is 8.62. The zero-order valence-corrected chi connectivity index (χ0v) is 17.0. The lowest BCUT2D eigenvalue weighted by molar-refractivity contribution is -0.127. The minimum absolute atomic E-state index is 0.0410. The van der Waals surface area contributed by atoms with E-state index in [1.807, 2.05) is 6.92 Å². The van der Waals surface area contributed by atoms with Gasteiger partial charge in [-0.05, 0) is 18.6 Å². The first-order chi connectivity index (χ1) is 13.3. The molecule has 0 spiro atoms. The number of carbonyl (C=O) groups excluding carboxylic acids is 2. The molecular weight excluding hydrogens is 404 g/mol. The van der Waals surface area contributed by atoms with Crippen molar-refractivity contribution in [3.8, 4) is 5.75 Å². The Bertz CT molecular complexity index is 989. The number of rotatable bonds is 6. The van der Waals surface area contributed by atoms with Crippen LogP contribution in [0.15, 0.2) is 34.7 Å². The molecule has 1 aliphatic rings. The van der Waals surface area contributed by atoms with E-state index in [0.29, 0.717) is 18.0 Å². The van der Waals surface area contributed by atoms with Crippen molar-refractivity contribution in [2.45, 2.75) is 30.6 Å². The third kappa shape index (κ3) is 4.09. The summed E-state index contributed by atoms with van der Waals surface area (Å²) in [5.41, 5.74) is 0.344. The van der Waals surface area contributed by atoms with Crippen LogP contribution < -0.4 is 19.7 Å². The van der Waals surface area contributed by atoms with Crippen LogP contribution in [-0.4, -0.2) is 44.4 Å². The number of para-hydroxylation sites is 2. The van der Waals surface area contributed by atoms with Gasteiger partial charge in [0, 0.05) is 13.5 Å². The number of carbonyl (C=O) groups is 2. The summed E-state index contributed by atoms with van der Waals surface area (Å²) in [5, 5.41) is 5.38. The van der Waals surface area contributed by atoms with E-state index in [-0.39, 0.29) is 27.7 Å². The van der Waals surface area contributed by atoms with E-state index in [1.54, 1.807) is 24.3 Å². The van der Waals surface area contributed by atoms with Crippen molar-refractivity contribution in [2.75, 3.05) is 22.7 Å². The summed E-state index contributed by atoms with van der Waals surface area (Å²) in [7, 11) is -4.00. The second kappa shape index (κ2) is 8.15. The van der Waals surface area contributed by atoms with Crippen LogP contribution in [0.25, 0.3) is 0 Å². The van der Waals surface area contributed by atoms with E-state index in [2.05, 4.69) is 15.6 Å². The molecule has 2 aromatic rings. The van der Waals surface area contributed by atoms with E-state index in [4.69, 9.17) is 4.74 Å². The van der Waals surface area contributed by atoms with E-state index in [9.17, 15) is 18.0 Å². The SMILES string of the molecule is CCCNC(=O)C1CN(S(=O)(=O)c2cnc(NC(C)=O)s2)c2ccccc2O1. The molecule has 1 aromatic carbocycles. The van der Waals surface area contributed by atoms with Crippen molar-refractivity contribution >= 4 is 44.0 Å². The van der Waals surface area contributed by atoms with Gasteiger partial charge >= 0.3 is 0 Å². The van der Waals surface area contributed by atoms with E-state index in [0.717, 1.165) is 22.1 Å². The Kier molecular flexibility index (Phi) is 5.84. The van der Waals surface area contributed by atoms with Crippen molar-refractivity contribution in [3.05, 3.63) is 30.5 Å². The van der Waals surface area contributed by atoms with Crippen molar-refractivity contribution in [3.63, 3.8) is 0 Å². The Hall–Kier alpha value is -2.66. The Balaban J connectivity index is 1.94. The van der Waals surface area contributed by atoms with Gasteiger partial charge in [-0.25, -0.2) is 13.4 Å². The first-order valence-corrected chi connectivity index (χ1v) is 10.9. The number of hydrogen-bond donors (Lipinski definition) is 2. The molecule has 1 atom stereocenters. The Labute approximate surface area is 166 Å². The molecule has 1 unspecified atom stereocenters. The number of sulfonamides is 1. The fourth-order valence-electron chi connectivity index (χ4n) is 2.62. The average molecular weight is 425 g/mol. The molecule has 11 heteroatoms. The Morgan fingerprint density at radius 2 is 2.11 bits per heavy atom. The smallest absolute Gasteiger partial charge is 0.275 e.